The maximum atomic E-state index is 13.0. The second kappa shape index (κ2) is 6.85. The van der Waals surface area contributed by atoms with Crippen molar-refractivity contribution in [3.63, 3.8) is 0 Å². The number of cyclic esters (lactones) is 1. The van der Waals surface area contributed by atoms with Crippen molar-refractivity contribution in [3.8, 4) is 6.07 Å². The van der Waals surface area contributed by atoms with E-state index in [0.29, 0.717) is 41.0 Å². The van der Waals surface area contributed by atoms with Crippen LogP contribution in [-0.4, -0.2) is 51.8 Å². The van der Waals surface area contributed by atoms with Gasteiger partial charge >= 0.3 is 5.97 Å². The van der Waals surface area contributed by atoms with E-state index in [-0.39, 0.29) is 17.8 Å². The topological polar surface area (TPSA) is 86.5 Å². The summed E-state index contributed by atoms with van der Waals surface area (Å²) in [7, 11) is 0. The van der Waals surface area contributed by atoms with Crippen molar-refractivity contribution in [3.05, 3.63) is 18.0 Å². The van der Waals surface area contributed by atoms with E-state index in [1.807, 2.05) is 12.3 Å². The van der Waals surface area contributed by atoms with E-state index < -0.39 is 5.54 Å². The quantitative estimate of drug-likeness (QED) is 0.438. The van der Waals surface area contributed by atoms with Crippen LogP contribution < -0.4 is 4.90 Å². The predicted octanol–water partition coefficient (Wildman–Crippen LogP) is 1.95. The van der Waals surface area contributed by atoms with Gasteiger partial charge in [-0.2, -0.15) is 5.26 Å². The summed E-state index contributed by atoms with van der Waals surface area (Å²) in [6.45, 7) is 4.31. The number of rotatable bonds is 4. The third-order valence-electron chi connectivity index (χ3n) is 4.69. The van der Waals surface area contributed by atoms with Gasteiger partial charge in [-0.3, -0.25) is 14.5 Å². The molecule has 0 aliphatic carbocycles. The number of nitrogens with zero attached hydrogens (tertiary/aromatic N) is 4. The molecular weight excluding hydrogens is 372 g/mol. The number of anilines is 1. The first-order valence-electron chi connectivity index (χ1n) is 8.08. The van der Waals surface area contributed by atoms with Crippen LogP contribution in [0.1, 0.15) is 26.0 Å². The zero-order valence-electron chi connectivity index (χ0n) is 14.7. The Morgan fingerprint density at radius 3 is 2.81 bits per heavy atom. The summed E-state index contributed by atoms with van der Waals surface area (Å²) in [5, 5.41) is 9.47. The molecule has 2 aliphatic heterocycles. The van der Waals surface area contributed by atoms with Gasteiger partial charge in [0.25, 0.3) is 5.91 Å². The number of aromatic nitrogens is 1. The lowest BCUT2D eigenvalue weighted by Gasteiger charge is -2.30. The Kier molecular flexibility index (Phi) is 4.90. The number of hydrogen-bond acceptors (Lipinski definition) is 7. The summed E-state index contributed by atoms with van der Waals surface area (Å²) in [4.78, 5) is 32.9. The van der Waals surface area contributed by atoms with E-state index in [9.17, 15) is 9.59 Å². The highest BCUT2D eigenvalue weighted by Crippen LogP contribution is 2.35. The van der Waals surface area contributed by atoms with E-state index in [1.54, 1.807) is 24.8 Å². The number of thiocarbonyl (C=S) groups is 1. The van der Waals surface area contributed by atoms with Gasteiger partial charge in [0.05, 0.1) is 24.4 Å². The molecule has 2 fully saturated rings. The van der Waals surface area contributed by atoms with Crippen LogP contribution in [0.5, 0.6) is 0 Å². The molecule has 136 valence electrons. The molecule has 0 radical (unpaired) electrons. The molecule has 1 aromatic rings. The SMILES string of the molecule is CSc1cc(N2C(=O)C(C)(C)N(CC3CCOC3=O)C2=S)cnc1C#N. The van der Waals surface area contributed by atoms with Crippen molar-refractivity contribution in [2.24, 2.45) is 5.92 Å². The second-order valence-corrected chi connectivity index (χ2v) is 7.82. The van der Waals surface area contributed by atoms with E-state index in [1.165, 1.54) is 22.9 Å². The Balaban J connectivity index is 1.94. The van der Waals surface area contributed by atoms with Gasteiger partial charge < -0.3 is 9.64 Å². The van der Waals surface area contributed by atoms with Crippen LogP contribution in [0.2, 0.25) is 0 Å². The average Bonchev–Trinajstić information content (AvgIpc) is 3.09. The monoisotopic (exact) mass is 390 g/mol. The van der Waals surface area contributed by atoms with Crippen LogP contribution in [0.25, 0.3) is 0 Å². The third-order valence-corrected chi connectivity index (χ3v) is 5.85. The molecule has 0 aromatic carbocycles. The Hall–Kier alpha value is -2.18. The molecular formula is C17H18N4O3S2. The van der Waals surface area contributed by atoms with Gasteiger partial charge in [0, 0.05) is 11.4 Å². The van der Waals surface area contributed by atoms with Crippen LogP contribution in [-0.2, 0) is 14.3 Å². The minimum atomic E-state index is -0.882. The van der Waals surface area contributed by atoms with E-state index >= 15 is 0 Å². The minimum absolute atomic E-state index is 0.188. The molecule has 2 aliphatic rings. The molecule has 0 bridgehead atoms. The number of esters is 1. The number of nitriles is 1. The fourth-order valence-corrected chi connectivity index (χ4v) is 4.11. The summed E-state index contributed by atoms with van der Waals surface area (Å²) >= 11 is 6.94. The molecule has 1 amide bonds. The average molecular weight is 390 g/mol. The Morgan fingerprint density at radius 2 is 2.23 bits per heavy atom. The molecule has 0 spiro atoms. The molecule has 0 N–H and O–H groups in total. The van der Waals surface area contributed by atoms with Crippen molar-refractivity contribution < 1.29 is 14.3 Å². The molecule has 26 heavy (non-hydrogen) atoms. The van der Waals surface area contributed by atoms with Gasteiger partial charge in [-0.1, -0.05) is 0 Å². The first-order chi connectivity index (χ1) is 12.3. The van der Waals surface area contributed by atoms with Crippen molar-refractivity contribution in [2.75, 3.05) is 24.3 Å². The van der Waals surface area contributed by atoms with E-state index in [4.69, 9.17) is 22.2 Å². The van der Waals surface area contributed by atoms with Crippen molar-refractivity contribution in [1.82, 2.24) is 9.88 Å². The van der Waals surface area contributed by atoms with Crippen molar-refractivity contribution in [1.29, 1.82) is 5.26 Å². The molecule has 2 saturated heterocycles. The number of amides is 1. The Bertz CT molecular complexity index is 834. The maximum Gasteiger partial charge on any atom is 0.310 e. The van der Waals surface area contributed by atoms with Crippen LogP contribution in [0, 0.1) is 17.2 Å². The normalized spacial score (nSPS) is 21.9. The smallest absolute Gasteiger partial charge is 0.310 e. The van der Waals surface area contributed by atoms with Gasteiger partial charge in [0.2, 0.25) is 0 Å². The van der Waals surface area contributed by atoms with Crippen LogP contribution in [0.15, 0.2) is 17.2 Å². The molecule has 1 unspecified atom stereocenters. The highest BCUT2D eigenvalue weighted by molar-refractivity contribution is 7.98. The van der Waals surface area contributed by atoms with E-state index in [0.717, 1.165) is 0 Å². The van der Waals surface area contributed by atoms with Crippen LogP contribution >= 0.6 is 24.0 Å². The number of ether oxygens (including phenoxy) is 1. The lowest BCUT2D eigenvalue weighted by molar-refractivity contribution is -0.142. The lowest BCUT2D eigenvalue weighted by Crippen LogP contribution is -2.46. The minimum Gasteiger partial charge on any atom is -0.465 e. The molecule has 3 rings (SSSR count). The predicted molar refractivity (Wildman–Crippen MR) is 101 cm³/mol. The fourth-order valence-electron chi connectivity index (χ4n) is 3.09. The van der Waals surface area contributed by atoms with Gasteiger partial charge in [-0.05, 0) is 44.8 Å². The van der Waals surface area contributed by atoms with Gasteiger partial charge in [0.1, 0.15) is 11.6 Å². The molecule has 0 saturated carbocycles. The molecule has 1 atom stereocenters. The fraction of sp³-hybridized carbons (Fsp3) is 0.471. The number of hydrogen-bond donors (Lipinski definition) is 0. The lowest BCUT2D eigenvalue weighted by atomic mass is 10.0. The molecule has 9 heteroatoms. The van der Waals surface area contributed by atoms with Gasteiger partial charge in [-0.15, -0.1) is 11.8 Å². The number of carbonyl (C=O) groups excluding carboxylic acids is 2. The molecule has 7 nitrogen and oxygen atoms in total. The molecule has 3 heterocycles. The summed E-state index contributed by atoms with van der Waals surface area (Å²) in [5.74, 6) is -0.729. The zero-order chi connectivity index (χ0) is 19.1. The number of thioether (sulfide) groups is 1. The number of carbonyl (C=O) groups is 2. The molecule has 1 aromatic heterocycles. The highest BCUT2D eigenvalue weighted by atomic mass is 32.2. The first-order valence-corrected chi connectivity index (χ1v) is 9.71. The summed E-state index contributed by atoms with van der Waals surface area (Å²) in [5.41, 5.74) is -0.0514. The Morgan fingerprint density at radius 1 is 1.50 bits per heavy atom. The zero-order valence-corrected chi connectivity index (χ0v) is 16.3. The third kappa shape index (κ3) is 2.93. The number of pyridine rings is 1. The summed E-state index contributed by atoms with van der Waals surface area (Å²) in [6, 6.07) is 3.77. The second-order valence-electron chi connectivity index (χ2n) is 6.60. The Labute approximate surface area is 161 Å². The van der Waals surface area contributed by atoms with E-state index in [2.05, 4.69) is 4.98 Å². The van der Waals surface area contributed by atoms with Gasteiger partial charge in [-0.25, -0.2) is 4.98 Å². The highest BCUT2D eigenvalue weighted by Gasteiger charge is 2.51. The summed E-state index contributed by atoms with van der Waals surface area (Å²) in [6.07, 6.45) is 3.94. The summed E-state index contributed by atoms with van der Waals surface area (Å²) < 4.78 is 5.02. The van der Waals surface area contributed by atoms with Crippen LogP contribution in [0.4, 0.5) is 5.69 Å². The first kappa shape index (κ1) is 18.6. The van der Waals surface area contributed by atoms with Gasteiger partial charge in [0.15, 0.2) is 10.8 Å². The van der Waals surface area contributed by atoms with Crippen molar-refractivity contribution >= 4 is 46.7 Å². The standard InChI is InChI=1S/C17H18N4O3S2/c1-17(2)15(23)21(11-6-13(26-3)12(7-18)19-8-11)16(25)20(17)9-10-4-5-24-14(10)22/h6,8,10H,4-5,9H2,1-3H3. The maximum absolute atomic E-state index is 13.0. The van der Waals surface area contributed by atoms with Crippen molar-refractivity contribution in [2.45, 2.75) is 30.7 Å². The largest absolute Gasteiger partial charge is 0.465 e. The van der Waals surface area contributed by atoms with Crippen LogP contribution in [0.3, 0.4) is 0 Å².